The van der Waals surface area contributed by atoms with E-state index in [1.54, 1.807) is 25.8 Å². The van der Waals surface area contributed by atoms with Crippen molar-refractivity contribution in [1.29, 1.82) is 0 Å². The molecule has 90 valence electrons. The highest BCUT2D eigenvalue weighted by molar-refractivity contribution is 5.81. The van der Waals surface area contributed by atoms with Crippen molar-refractivity contribution in [3.05, 3.63) is 0 Å². The molecule has 6 nitrogen and oxygen atoms in total. The zero-order chi connectivity index (χ0) is 12.1. The van der Waals surface area contributed by atoms with Crippen LogP contribution in [0.25, 0.3) is 0 Å². The number of rotatable bonds is 6. The summed E-state index contributed by atoms with van der Waals surface area (Å²) in [6.45, 7) is 3.94. The Morgan fingerprint density at radius 2 is 2.20 bits per heavy atom. The van der Waals surface area contributed by atoms with Crippen molar-refractivity contribution < 1.29 is 14.6 Å². The van der Waals surface area contributed by atoms with Gasteiger partial charge in [-0.05, 0) is 20.9 Å². The molecule has 1 atom stereocenters. The van der Waals surface area contributed by atoms with Gasteiger partial charge in [0.05, 0.1) is 12.2 Å². The third-order valence-electron chi connectivity index (χ3n) is 1.94. The first kappa shape index (κ1) is 14.3. The molecule has 0 aromatic rings. The number of hydrogen-bond acceptors (Lipinski definition) is 5. The van der Waals surface area contributed by atoms with E-state index in [4.69, 9.17) is 10.6 Å². The van der Waals surface area contributed by atoms with Gasteiger partial charge in [-0.25, -0.2) is 5.84 Å². The molecule has 0 aliphatic heterocycles. The standard InChI is InChI=1S/C9H21N3O3/c1-9(2,14)6-12(3)7(5-15-4)8(13)11-10/h7,14H,5-6,10H2,1-4H3,(H,11,13). The normalized spacial score (nSPS) is 14.1. The summed E-state index contributed by atoms with van der Waals surface area (Å²) in [6, 6.07) is -0.494. The Morgan fingerprint density at radius 1 is 1.67 bits per heavy atom. The number of carbonyl (C=O) groups excluding carboxylic acids is 1. The summed E-state index contributed by atoms with van der Waals surface area (Å²) in [5.41, 5.74) is 1.21. The van der Waals surface area contributed by atoms with Gasteiger partial charge in [0.25, 0.3) is 5.91 Å². The smallest absolute Gasteiger partial charge is 0.253 e. The molecule has 0 heterocycles. The van der Waals surface area contributed by atoms with Crippen molar-refractivity contribution in [3.63, 3.8) is 0 Å². The van der Waals surface area contributed by atoms with Crippen LogP contribution in [0, 0.1) is 0 Å². The van der Waals surface area contributed by atoms with E-state index >= 15 is 0 Å². The van der Waals surface area contributed by atoms with Gasteiger partial charge in [0.2, 0.25) is 0 Å². The van der Waals surface area contributed by atoms with E-state index in [0.29, 0.717) is 6.54 Å². The van der Waals surface area contributed by atoms with Gasteiger partial charge in [-0.3, -0.25) is 15.1 Å². The lowest BCUT2D eigenvalue weighted by molar-refractivity contribution is -0.128. The number of nitrogens with two attached hydrogens (primary N) is 1. The Morgan fingerprint density at radius 3 is 2.53 bits per heavy atom. The summed E-state index contributed by atoms with van der Waals surface area (Å²) >= 11 is 0. The highest BCUT2D eigenvalue weighted by Crippen LogP contribution is 2.07. The second kappa shape index (κ2) is 6.02. The zero-order valence-corrected chi connectivity index (χ0v) is 9.78. The van der Waals surface area contributed by atoms with Crippen LogP contribution in [0.5, 0.6) is 0 Å². The predicted molar refractivity (Wildman–Crippen MR) is 56.9 cm³/mol. The molecule has 15 heavy (non-hydrogen) atoms. The van der Waals surface area contributed by atoms with Gasteiger partial charge in [-0.2, -0.15) is 0 Å². The fraction of sp³-hybridized carbons (Fsp3) is 0.889. The van der Waals surface area contributed by atoms with E-state index < -0.39 is 11.6 Å². The lowest BCUT2D eigenvalue weighted by Gasteiger charge is -2.30. The number of nitrogens with zero attached hydrogens (tertiary/aromatic N) is 1. The van der Waals surface area contributed by atoms with Gasteiger partial charge < -0.3 is 9.84 Å². The molecule has 0 aromatic heterocycles. The second-order valence-electron chi connectivity index (χ2n) is 4.21. The van der Waals surface area contributed by atoms with Gasteiger partial charge in [-0.1, -0.05) is 0 Å². The number of amides is 1. The van der Waals surface area contributed by atoms with Crippen LogP contribution in [0.2, 0.25) is 0 Å². The molecule has 0 aromatic carbocycles. The molecule has 0 radical (unpaired) electrons. The first-order valence-electron chi connectivity index (χ1n) is 4.74. The summed E-state index contributed by atoms with van der Waals surface area (Å²) in [5, 5.41) is 9.61. The van der Waals surface area contributed by atoms with E-state index in [2.05, 4.69) is 5.43 Å². The first-order chi connectivity index (χ1) is 6.81. The van der Waals surface area contributed by atoms with Crippen LogP contribution in [0.4, 0.5) is 0 Å². The molecule has 0 aliphatic rings. The van der Waals surface area contributed by atoms with Crippen molar-refractivity contribution in [1.82, 2.24) is 10.3 Å². The van der Waals surface area contributed by atoms with Gasteiger partial charge in [0, 0.05) is 13.7 Å². The summed E-state index contributed by atoms with van der Waals surface area (Å²) in [4.78, 5) is 13.1. The first-order valence-corrected chi connectivity index (χ1v) is 4.74. The van der Waals surface area contributed by atoms with Gasteiger partial charge in [0.1, 0.15) is 6.04 Å². The number of methoxy groups -OCH3 is 1. The van der Waals surface area contributed by atoms with Crippen LogP contribution in [0.1, 0.15) is 13.8 Å². The van der Waals surface area contributed by atoms with Crippen LogP contribution in [-0.4, -0.2) is 54.9 Å². The topological polar surface area (TPSA) is 87.8 Å². The molecular formula is C9H21N3O3. The molecular weight excluding hydrogens is 198 g/mol. The average molecular weight is 219 g/mol. The van der Waals surface area contributed by atoms with Crippen LogP contribution in [0.15, 0.2) is 0 Å². The fourth-order valence-electron chi connectivity index (χ4n) is 1.38. The largest absolute Gasteiger partial charge is 0.389 e. The van der Waals surface area contributed by atoms with Crippen LogP contribution < -0.4 is 11.3 Å². The Hall–Kier alpha value is -0.690. The van der Waals surface area contributed by atoms with Crippen molar-refractivity contribution in [2.45, 2.75) is 25.5 Å². The molecule has 1 unspecified atom stereocenters. The van der Waals surface area contributed by atoms with E-state index in [0.717, 1.165) is 0 Å². The highest BCUT2D eigenvalue weighted by Gasteiger charge is 2.26. The minimum absolute atomic E-state index is 0.232. The number of carbonyl (C=O) groups is 1. The van der Waals surface area contributed by atoms with Crippen LogP contribution in [0.3, 0.4) is 0 Å². The number of hydrazine groups is 1. The third-order valence-corrected chi connectivity index (χ3v) is 1.94. The van der Waals surface area contributed by atoms with Crippen LogP contribution in [-0.2, 0) is 9.53 Å². The molecule has 6 heteroatoms. The molecule has 0 bridgehead atoms. The zero-order valence-electron chi connectivity index (χ0n) is 9.78. The van der Waals surface area contributed by atoms with Gasteiger partial charge in [-0.15, -0.1) is 0 Å². The van der Waals surface area contributed by atoms with E-state index in [1.807, 2.05) is 0 Å². The number of aliphatic hydroxyl groups is 1. The van der Waals surface area contributed by atoms with Crippen LogP contribution >= 0.6 is 0 Å². The molecule has 4 N–H and O–H groups in total. The minimum atomic E-state index is -0.865. The maximum Gasteiger partial charge on any atom is 0.253 e. The van der Waals surface area contributed by atoms with Gasteiger partial charge in [0.15, 0.2) is 0 Å². The number of nitrogens with one attached hydrogen (secondary N) is 1. The lowest BCUT2D eigenvalue weighted by Crippen LogP contribution is -2.53. The average Bonchev–Trinajstić information content (AvgIpc) is 2.10. The van der Waals surface area contributed by atoms with Crippen molar-refractivity contribution in [2.24, 2.45) is 5.84 Å². The molecule has 0 spiro atoms. The summed E-state index contributed by atoms with van der Waals surface area (Å²) < 4.78 is 4.92. The monoisotopic (exact) mass is 219 g/mol. The Labute approximate surface area is 90.3 Å². The molecule has 0 aliphatic carbocycles. The Kier molecular flexibility index (Phi) is 5.74. The van der Waals surface area contributed by atoms with E-state index in [-0.39, 0.29) is 12.5 Å². The Bertz CT molecular complexity index is 203. The second-order valence-corrected chi connectivity index (χ2v) is 4.21. The van der Waals surface area contributed by atoms with Gasteiger partial charge >= 0.3 is 0 Å². The summed E-state index contributed by atoms with van der Waals surface area (Å²) in [6.07, 6.45) is 0. The quantitative estimate of drug-likeness (QED) is 0.293. The van der Waals surface area contributed by atoms with E-state index in [1.165, 1.54) is 7.11 Å². The number of ether oxygens (including phenoxy) is 1. The number of likely N-dealkylation sites (N-methyl/N-ethyl adjacent to an activating group) is 1. The SMILES string of the molecule is COCC(C(=O)NN)N(C)CC(C)(C)O. The fourth-order valence-corrected chi connectivity index (χ4v) is 1.38. The summed E-state index contributed by atoms with van der Waals surface area (Å²) in [5.74, 6) is 4.73. The highest BCUT2D eigenvalue weighted by atomic mass is 16.5. The summed E-state index contributed by atoms with van der Waals surface area (Å²) in [7, 11) is 3.24. The maximum absolute atomic E-state index is 11.4. The minimum Gasteiger partial charge on any atom is -0.389 e. The molecule has 0 saturated heterocycles. The van der Waals surface area contributed by atoms with E-state index in [9.17, 15) is 9.90 Å². The van der Waals surface area contributed by atoms with Crippen molar-refractivity contribution in [2.75, 3.05) is 27.3 Å². The number of hydrogen-bond donors (Lipinski definition) is 3. The third kappa shape index (κ3) is 5.68. The molecule has 0 rings (SSSR count). The molecule has 0 saturated carbocycles. The lowest BCUT2D eigenvalue weighted by atomic mass is 10.1. The Balaban J connectivity index is 4.41. The predicted octanol–water partition coefficient (Wildman–Crippen LogP) is -1.31. The molecule has 0 fully saturated rings. The van der Waals surface area contributed by atoms with Crippen molar-refractivity contribution >= 4 is 5.91 Å². The maximum atomic E-state index is 11.4. The van der Waals surface area contributed by atoms with Crippen molar-refractivity contribution in [3.8, 4) is 0 Å². The molecule has 1 amide bonds.